The number of nitrogens with one attached hydrogen (secondary N) is 1. The van der Waals surface area contributed by atoms with Gasteiger partial charge in [0.05, 0.1) is 12.2 Å². The highest BCUT2D eigenvalue weighted by Gasteiger charge is 2.29. The molecule has 0 radical (unpaired) electrons. The van der Waals surface area contributed by atoms with E-state index >= 15 is 0 Å². The van der Waals surface area contributed by atoms with Crippen LogP contribution in [0, 0.1) is 5.82 Å². The molecule has 2 rings (SSSR count). The third-order valence-electron chi connectivity index (χ3n) is 3.83. The molecule has 0 spiro atoms. The summed E-state index contributed by atoms with van der Waals surface area (Å²) in [5, 5.41) is 3.58. The van der Waals surface area contributed by atoms with Crippen LogP contribution in [-0.4, -0.2) is 24.8 Å². The molecular formula is C16H23BrFNO. The van der Waals surface area contributed by atoms with Crippen LogP contribution in [0.4, 0.5) is 4.39 Å². The molecule has 2 nitrogen and oxygen atoms in total. The summed E-state index contributed by atoms with van der Waals surface area (Å²) >= 11 is 3.46. The summed E-state index contributed by atoms with van der Waals surface area (Å²) < 4.78 is 20.0. The van der Waals surface area contributed by atoms with E-state index in [1.807, 2.05) is 6.07 Å². The van der Waals surface area contributed by atoms with Crippen LogP contribution in [0.5, 0.6) is 0 Å². The number of hydrogen-bond acceptors (Lipinski definition) is 2. The highest BCUT2D eigenvalue weighted by Crippen LogP contribution is 2.26. The van der Waals surface area contributed by atoms with Gasteiger partial charge in [-0.2, -0.15) is 0 Å². The first-order chi connectivity index (χ1) is 9.60. The minimum absolute atomic E-state index is 0.204. The predicted octanol–water partition coefficient (Wildman–Crippen LogP) is 4.07. The summed E-state index contributed by atoms with van der Waals surface area (Å²) in [6.45, 7) is 5.28. The molecule has 1 N–H and O–H groups in total. The van der Waals surface area contributed by atoms with Crippen LogP contribution in [0.3, 0.4) is 0 Å². The Hall–Kier alpha value is -0.450. The Morgan fingerprint density at radius 1 is 1.45 bits per heavy atom. The predicted molar refractivity (Wildman–Crippen MR) is 83.5 cm³/mol. The molecule has 1 aliphatic rings. The third kappa shape index (κ3) is 4.27. The van der Waals surface area contributed by atoms with Gasteiger partial charge in [-0.1, -0.05) is 28.9 Å². The van der Waals surface area contributed by atoms with E-state index < -0.39 is 0 Å². The van der Waals surface area contributed by atoms with E-state index in [0.29, 0.717) is 12.1 Å². The van der Waals surface area contributed by atoms with Crippen LogP contribution in [0.2, 0.25) is 0 Å². The van der Waals surface area contributed by atoms with Gasteiger partial charge in [-0.05, 0) is 56.8 Å². The van der Waals surface area contributed by atoms with Crippen molar-refractivity contribution < 1.29 is 9.13 Å². The number of benzene rings is 1. The molecule has 0 aromatic heterocycles. The standard InChI is InChI=1S/C16H23BrFNO/c1-3-8-19-15(16-7-4-11(2)20-16)9-12-5-6-13(18)10-14(12)17/h5-6,10-11,15-16,19H,3-4,7-9H2,1-2H3. The summed E-state index contributed by atoms with van der Waals surface area (Å²) in [6, 6.07) is 5.21. The second-order valence-corrected chi connectivity index (χ2v) is 6.42. The quantitative estimate of drug-likeness (QED) is 0.840. The lowest BCUT2D eigenvalue weighted by atomic mass is 9.99. The Balaban J connectivity index is 2.06. The Labute approximate surface area is 129 Å². The number of rotatable bonds is 6. The van der Waals surface area contributed by atoms with E-state index in [1.54, 1.807) is 0 Å². The summed E-state index contributed by atoms with van der Waals surface area (Å²) in [6.07, 6.45) is 4.79. The molecule has 112 valence electrons. The van der Waals surface area contributed by atoms with Crippen molar-refractivity contribution in [1.29, 1.82) is 0 Å². The van der Waals surface area contributed by atoms with Crippen LogP contribution in [0.25, 0.3) is 0 Å². The minimum Gasteiger partial charge on any atom is -0.374 e. The van der Waals surface area contributed by atoms with Gasteiger partial charge in [0.25, 0.3) is 0 Å². The fourth-order valence-electron chi connectivity index (χ4n) is 2.72. The van der Waals surface area contributed by atoms with Crippen LogP contribution < -0.4 is 5.32 Å². The molecule has 1 heterocycles. The molecule has 1 aliphatic heterocycles. The maximum Gasteiger partial charge on any atom is 0.124 e. The average Bonchev–Trinajstić information content (AvgIpc) is 2.83. The molecule has 0 amide bonds. The zero-order chi connectivity index (χ0) is 14.5. The molecule has 3 unspecified atom stereocenters. The summed E-state index contributed by atoms with van der Waals surface area (Å²) in [5.74, 6) is -0.204. The summed E-state index contributed by atoms with van der Waals surface area (Å²) in [4.78, 5) is 0. The number of hydrogen-bond donors (Lipinski definition) is 1. The smallest absolute Gasteiger partial charge is 0.124 e. The van der Waals surface area contributed by atoms with E-state index in [4.69, 9.17) is 4.74 Å². The molecule has 1 aromatic carbocycles. The molecule has 20 heavy (non-hydrogen) atoms. The Kier molecular flexibility index (Phi) is 6.00. The maximum absolute atomic E-state index is 13.2. The van der Waals surface area contributed by atoms with Gasteiger partial charge in [-0.25, -0.2) is 4.39 Å². The van der Waals surface area contributed by atoms with Crippen molar-refractivity contribution >= 4 is 15.9 Å². The fraction of sp³-hybridized carbons (Fsp3) is 0.625. The first-order valence-electron chi connectivity index (χ1n) is 7.43. The van der Waals surface area contributed by atoms with Crippen LogP contribution in [0.15, 0.2) is 22.7 Å². The van der Waals surface area contributed by atoms with Crippen molar-refractivity contribution in [2.45, 2.75) is 57.8 Å². The van der Waals surface area contributed by atoms with Gasteiger partial charge < -0.3 is 10.1 Å². The zero-order valence-electron chi connectivity index (χ0n) is 12.2. The molecule has 0 bridgehead atoms. The highest BCUT2D eigenvalue weighted by molar-refractivity contribution is 9.10. The molecule has 4 heteroatoms. The van der Waals surface area contributed by atoms with Gasteiger partial charge in [0.2, 0.25) is 0 Å². The van der Waals surface area contributed by atoms with Crippen LogP contribution >= 0.6 is 15.9 Å². The van der Waals surface area contributed by atoms with Crippen LogP contribution in [0.1, 0.15) is 38.7 Å². The van der Waals surface area contributed by atoms with Crippen molar-refractivity contribution in [3.8, 4) is 0 Å². The van der Waals surface area contributed by atoms with Crippen molar-refractivity contribution in [3.05, 3.63) is 34.1 Å². The van der Waals surface area contributed by atoms with Gasteiger partial charge in [-0.15, -0.1) is 0 Å². The lowest BCUT2D eigenvalue weighted by Gasteiger charge is -2.25. The molecular weight excluding hydrogens is 321 g/mol. The molecule has 0 aliphatic carbocycles. The second kappa shape index (κ2) is 7.53. The topological polar surface area (TPSA) is 21.3 Å². The molecule has 0 saturated carbocycles. The van der Waals surface area contributed by atoms with Crippen molar-refractivity contribution in [1.82, 2.24) is 5.32 Å². The summed E-state index contributed by atoms with van der Waals surface area (Å²) in [7, 11) is 0. The Morgan fingerprint density at radius 2 is 2.25 bits per heavy atom. The third-order valence-corrected chi connectivity index (χ3v) is 4.56. The average molecular weight is 344 g/mol. The SMILES string of the molecule is CCCNC(Cc1ccc(F)cc1Br)C1CCC(C)O1. The van der Waals surface area contributed by atoms with Crippen molar-refractivity contribution in [2.24, 2.45) is 0 Å². The van der Waals surface area contributed by atoms with E-state index in [9.17, 15) is 4.39 Å². The monoisotopic (exact) mass is 343 g/mol. The first kappa shape index (κ1) is 15.9. The lowest BCUT2D eigenvalue weighted by molar-refractivity contribution is 0.0320. The number of halogens is 2. The van der Waals surface area contributed by atoms with Gasteiger partial charge in [0.1, 0.15) is 5.82 Å². The normalized spacial score (nSPS) is 24.0. The fourth-order valence-corrected chi connectivity index (χ4v) is 3.23. The Morgan fingerprint density at radius 3 is 2.85 bits per heavy atom. The maximum atomic E-state index is 13.2. The first-order valence-corrected chi connectivity index (χ1v) is 8.22. The largest absolute Gasteiger partial charge is 0.374 e. The zero-order valence-corrected chi connectivity index (χ0v) is 13.7. The van der Waals surface area contributed by atoms with Crippen LogP contribution in [-0.2, 0) is 11.2 Å². The molecule has 1 fully saturated rings. The van der Waals surface area contributed by atoms with E-state index in [-0.39, 0.29) is 11.9 Å². The molecule has 1 aromatic rings. The molecule has 1 saturated heterocycles. The van der Waals surface area contributed by atoms with E-state index in [0.717, 1.165) is 42.3 Å². The Bertz CT molecular complexity index is 440. The van der Waals surface area contributed by atoms with Gasteiger partial charge >= 0.3 is 0 Å². The van der Waals surface area contributed by atoms with E-state index in [1.165, 1.54) is 12.1 Å². The second-order valence-electron chi connectivity index (χ2n) is 5.56. The van der Waals surface area contributed by atoms with E-state index in [2.05, 4.69) is 35.1 Å². The van der Waals surface area contributed by atoms with Gasteiger partial charge in [0.15, 0.2) is 0 Å². The van der Waals surface area contributed by atoms with Crippen molar-refractivity contribution in [3.63, 3.8) is 0 Å². The van der Waals surface area contributed by atoms with Gasteiger partial charge in [-0.3, -0.25) is 0 Å². The van der Waals surface area contributed by atoms with Gasteiger partial charge in [0, 0.05) is 10.5 Å². The lowest BCUT2D eigenvalue weighted by Crippen LogP contribution is -2.42. The minimum atomic E-state index is -0.204. The highest BCUT2D eigenvalue weighted by atomic mass is 79.9. The summed E-state index contributed by atoms with van der Waals surface area (Å²) in [5.41, 5.74) is 1.13. The molecule has 3 atom stereocenters. The number of ether oxygens (including phenoxy) is 1. The van der Waals surface area contributed by atoms with Crippen molar-refractivity contribution in [2.75, 3.05) is 6.54 Å².